The first-order valence-electron chi connectivity index (χ1n) is 8.91. The van der Waals surface area contributed by atoms with Crippen molar-refractivity contribution < 1.29 is 9.53 Å². The van der Waals surface area contributed by atoms with E-state index in [9.17, 15) is 4.79 Å². The van der Waals surface area contributed by atoms with Gasteiger partial charge in [-0.15, -0.1) is 0 Å². The zero-order valence-corrected chi connectivity index (χ0v) is 15.0. The van der Waals surface area contributed by atoms with Crippen LogP contribution in [0.4, 0.5) is 0 Å². The Balaban J connectivity index is 2.17. The summed E-state index contributed by atoms with van der Waals surface area (Å²) in [5.41, 5.74) is 0.957. The van der Waals surface area contributed by atoms with Crippen LogP contribution in [0, 0.1) is 11.3 Å². The second-order valence-electron chi connectivity index (χ2n) is 7.02. The first-order chi connectivity index (χ1) is 11.0. The molecule has 0 N–H and O–H groups in total. The molecule has 0 aromatic heterocycles. The topological polar surface area (TPSA) is 29.5 Å². The molecule has 3 atom stereocenters. The van der Waals surface area contributed by atoms with Gasteiger partial charge >= 0.3 is 5.97 Å². The van der Waals surface area contributed by atoms with Gasteiger partial charge in [0, 0.05) is 19.1 Å². The van der Waals surface area contributed by atoms with Crippen molar-refractivity contribution in [2.45, 2.75) is 59.0 Å². The number of esters is 1. The van der Waals surface area contributed by atoms with E-state index in [1.54, 1.807) is 0 Å². The highest BCUT2D eigenvalue weighted by molar-refractivity contribution is 5.78. The van der Waals surface area contributed by atoms with E-state index in [0.29, 0.717) is 12.0 Å². The Bertz CT molecular complexity index is 502. The Labute approximate surface area is 141 Å². The van der Waals surface area contributed by atoms with Crippen molar-refractivity contribution in [3.63, 3.8) is 0 Å². The number of ether oxygens (including phenoxy) is 1. The molecule has 0 spiro atoms. The third-order valence-corrected chi connectivity index (χ3v) is 5.70. The number of methoxy groups -OCH3 is 1. The standard InChI is InChI=1S/C20H31NO2/c1-5-6-10-13-20(19(22)23-4)15-21(17(3)16(20)2)14-18-11-8-7-9-12-18/h7-9,11-12,16-17H,5-6,10,13-15H2,1-4H3/t16-,17-,20+/m1/s1. The van der Waals surface area contributed by atoms with Gasteiger partial charge in [0.2, 0.25) is 0 Å². The molecule has 128 valence electrons. The van der Waals surface area contributed by atoms with Crippen LogP contribution < -0.4 is 0 Å². The number of benzene rings is 1. The summed E-state index contributed by atoms with van der Waals surface area (Å²) >= 11 is 0. The van der Waals surface area contributed by atoms with E-state index in [4.69, 9.17) is 4.74 Å². The Hall–Kier alpha value is -1.35. The Morgan fingerprint density at radius 3 is 2.57 bits per heavy atom. The molecule has 1 saturated heterocycles. The largest absolute Gasteiger partial charge is 0.469 e. The minimum absolute atomic E-state index is 0.0245. The molecular weight excluding hydrogens is 286 g/mol. The maximum atomic E-state index is 12.6. The number of hydrogen-bond donors (Lipinski definition) is 0. The fraction of sp³-hybridized carbons (Fsp3) is 0.650. The molecular formula is C20H31NO2. The van der Waals surface area contributed by atoms with Crippen LogP contribution in [0.15, 0.2) is 30.3 Å². The monoisotopic (exact) mass is 317 g/mol. The lowest BCUT2D eigenvalue weighted by molar-refractivity contribution is -0.155. The van der Waals surface area contributed by atoms with E-state index in [0.717, 1.165) is 25.9 Å². The highest BCUT2D eigenvalue weighted by Crippen LogP contribution is 2.45. The van der Waals surface area contributed by atoms with Gasteiger partial charge in [0.15, 0.2) is 0 Å². The quantitative estimate of drug-likeness (QED) is 0.556. The van der Waals surface area contributed by atoms with Gasteiger partial charge in [-0.25, -0.2) is 0 Å². The number of unbranched alkanes of at least 4 members (excludes halogenated alkanes) is 2. The smallest absolute Gasteiger partial charge is 0.313 e. The zero-order valence-electron chi connectivity index (χ0n) is 15.0. The lowest BCUT2D eigenvalue weighted by atomic mass is 9.73. The molecule has 1 heterocycles. The average molecular weight is 317 g/mol. The number of carbonyl (C=O) groups is 1. The average Bonchev–Trinajstić information content (AvgIpc) is 2.81. The van der Waals surface area contributed by atoms with Crippen LogP contribution in [0.5, 0.6) is 0 Å². The van der Waals surface area contributed by atoms with Gasteiger partial charge in [0.25, 0.3) is 0 Å². The maximum absolute atomic E-state index is 12.6. The van der Waals surface area contributed by atoms with Gasteiger partial charge in [-0.1, -0.05) is 63.4 Å². The normalized spacial score (nSPS) is 28.0. The molecule has 2 rings (SSSR count). The van der Waals surface area contributed by atoms with E-state index in [2.05, 4.69) is 49.9 Å². The third-order valence-electron chi connectivity index (χ3n) is 5.70. The molecule has 3 nitrogen and oxygen atoms in total. The van der Waals surface area contributed by atoms with Crippen molar-refractivity contribution in [3.05, 3.63) is 35.9 Å². The molecule has 0 unspecified atom stereocenters. The van der Waals surface area contributed by atoms with Crippen LogP contribution in [-0.2, 0) is 16.1 Å². The number of hydrogen-bond acceptors (Lipinski definition) is 3. The third kappa shape index (κ3) is 3.77. The van der Waals surface area contributed by atoms with Crippen molar-refractivity contribution in [2.24, 2.45) is 11.3 Å². The summed E-state index contributed by atoms with van der Waals surface area (Å²) in [7, 11) is 1.53. The molecule has 3 heteroatoms. The first-order valence-corrected chi connectivity index (χ1v) is 8.91. The molecule has 1 fully saturated rings. The lowest BCUT2D eigenvalue weighted by Crippen LogP contribution is -2.39. The van der Waals surface area contributed by atoms with Crippen molar-refractivity contribution in [1.29, 1.82) is 0 Å². The summed E-state index contributed by atoms with van der Waals surface area (Å²) in [6.07, 6.45) is 4.39. The molecule has 1 aliphatic rings. The Kier molecular flexibility index (Phi) is 6.23. The van der Waals surface area contributed by atoms with Gasteiger partial charge in [-0.2, -0.15) is 0 Å². The minimum Gasteiger partial charge on any atom is -0.469 e. The summed E-state index contributed by atoms with van der Waals surface area (Å²) in [6, 6.07) is 10.9. The van der Waals surface area contributed by atoms with Crippen LogP contribution in [0.1, 0.15) is 52.0 Å². The van der Waals surface area contributed by atoms with Crippen molar-refractivity contribution in [3.8, 4) is 0 Å². The van der Waals surface area contributed by atoms with Gasteiger partial charge in [-0.3, -0.25) is 9.69 Å². The van der Waals surface area contributed by atoms with Crippen LogP contribution >= 0.6 is 0 Å². The molecule has 0 amide bonds. The number of likely N-dealkylation sites (tertiary alicyclic amines) is 1. The number of rotatable bonds is 7. The lowest BCUT2D eigenvalue weighted by Gasteiger charge is -2.30. The molecule has 0 radical (unpaired) electrons. The molecule has 1 aromatic rings. The van der Waals surface area contributed by atoms with Gasteiger partial charge in [0.05, 0.1) is 12.5 Å². The van der Waals surface area contributed by atoms with E-state index in [1.807, 2.05) is 6.07 Å². The fourth-order valence-corrected chi connectivity index (χ4v) is 4.00. The van der Waals surface area contributed by atoms with Gasteiger partial charge in [0.1, 0.15) is 0 Å². The molecule has 0 aliphatic carbocycles. The molecule has 1 aromatic carbocycles. The zero-order chi connectivity index (χ0) is 16.9. The summed E-state index contributed by atoms with van der Waals surface area (Å²) in [5, 5.41) is 0. The molecule has 0 bridgehead atoms. The van der Waals surface area contributed by atoms with Gasteiger partial charge in [-0.05, 0) is 24.8 Å². The fourth-order valence-electron chi connectivity index (χ4n) is 4.00. The predicted molar refractivity (Wildman–Crippen MR) is 94.1 cm³/mol. The second kappa shape index (κ2) is 7.96. The highest BCUT2D eigenvalue weighted by Gasteiger charge is 2.53. The SMILES string of the molecule is CCCCC[C@]1(C(=O)OC)CN(Cc2ccccc2)[C@H](C)[C@H]1C. The number of carbonyl (C=O) groups excluding carboxylic acids is 1. The predicted octanol–water partition coefficient (Wildman–Crippen LogP) is 4.27. The second-order valence-corrected chi connectivity index (χ2v) is 7.02. The van der Waals surface area contributed by atoms with Crippen LogP contribution in [0.2, 0.25) is 0 Å². The Morgan fingerprint density at radius 1 is 1.26 bits per heavy atom. The van der Waals surface area contributed by atoms with Crippen molar-refractivity contribution in [1.82, 2.24) is 4.90 Å². The van der Waals surface area contributed by atoms with Crippen LogP contribution in [0.25, 0.3) is 0 Å². The van der Waals surface area contributed by atoms with E-state index < -0.39 is 0 Å². The van der Waals surface area contributed by atoms with Crippen LogP contribution in [-0.4, -0.2) is 30.6 Å². The number of nitrogens with zero attached hydrogens (tertiary/aromatic N) is 1. The molecule has 0 saturated carbocycles. The van der Waals surface area contributed by atoms with E-state index in [-0.39, 0.29) is 11.4 Å². The molecule has 23 heavy (non-hydrogen) atoms. The van der Waals surface area contributed by atoms with Crippen LogP contribution in [0.3, 0.4) is 0 Å². The van der Waals surface area contributed by atoms with Crippen molar-refractivity contribution in [2.75, 3.05) is 13.7 Å². The van der Waals surface area contributed by atoms with E-state index in [1.165, 1.54) is 25.5 Å². The highest BCUT2D eigenvalue weighted by atomic mass is 16.5. The minimum atomic E-state index is -0.349. The first kappa shape index (κ1) is 18.0. The summed E-state index contributed by atoms with van der Waals surface area (Å²) < 4.78 is 5.22. The maximum Gasteiger partial charge on any atom is 0.313 e. The van der Waals surface area contributed by atoms with Crippen molar-refractivity contribution >= 4 is 5.97 Å². The summed E-state index contributed by atoms with van der Waals surface area (Å²) in [4.78, 5) is 15.1. The Morgan fingerprint density at radius 2 is 1.96 bits per heavy atom. The summed E-state index contributed by atoms with van der Waals surface area (Å²) in [5.74, 6) is 0.291. The van der Waals surface area contributed by atoms with E-state index >= 15 is 0 Å². The summed E-state index contributed by atoms with van der Waals surface area (Å²) in [6.45, 7) is 8.38. The molecule has 1 aliphatic heterocycles. The van der Waals surface area contributed by atoms with Gasteiger partial charge < -0.3 is 4.74 Å².